The number of hydrogen-bond donors (Lipinski definition) is 2. The van der Waals surface area contributed by atoms with E-state index in [2.05, 4.69) is 10.6 Å². The molecule has 0 spiro atoms. The van der Waals surface area contributed by atoms with Crippen molar-refractivity contribution in [1.29, 1.82) is 0 Å². The molecule has 5 heteroatoms. The molecule has 1 aliphatic rings. The number of fused-ring (bicyclic) bond motifs is 1. The molecule has 1 amide bonds. The van der Waals surface area contributed by atoms with E-state index in [1.807, 2.05) is 25.2 Å². The van der Waals surface area contributed by atoms with Crippen molar-refractivity contribution in [3.05, 3.63) is 23.8 Å². The van der Waals surface area contributed by atoms with Gasteiger partial charge >= 0.3 is 0 Å². The minimum atomic E-state index is 0.0570. The Morgan fingerprint density at radius 1 is 1.62 bits per heavy atom. The number of anilines is 1. The van der Waals surface area contributed by atoms with Crippen LogP contribution in [0.25, 0.3) is 0 Å². The predicted molar refractivity (Wildman–Crippen MR) is 68.3 cm³/mol. The van der Waals surface area contributed by atoms with Crippen molar-refractivity contribution in [1.82, 2.24) is 5.32 Å². The first kappa shape index (κ1) is 11.8. The second-order valence-corrected chi connectivity index (χ2v) is 4.91. The van der Waals surface area contributed by atoms with Crippen molar-refractivity contribution in [2.75, 3.05) is 24.0 Å². The van der Waals surface area contributed by atoms with E-state index >= 15 is 0 Å². The second-order valence-electron chi connectivity index (χ2n) is 3.59. The molecule has 0 aromatic heterocycles. The molecule has 1 heterocycles. The zero-order valence-corrected chi connectivity index (χ0v) is 10.5. The highest BCUT2D eigenvalue weighted by atomic mass is 35.5. The number of benzene rings is 1. The van der Waals surface area contributed by atoms with Crippen LogP contribution in [0.5, 0.6) is 0 Å². The van der Waals surface area contributed by atoms with Gasteiger partial charge in [0.1, 0.15) is 0 Å². The fourth-order valence-electron chi connectivity index (χ4n) is 1.65. The molecule has 0 fully saturated rings. The average Bonchev–Trinajstić information content (AvgIpc) is 2.30. The molecule has 0 saturated heterocycles. The zero-order valence-electron chi connectivity index (χ0n) is 8.92. The first-order chi connectivity index (χ1) is 7.74. The number of halogens is 1. The standard InChI is InChI=1S/C11H13ClN2OS/c1-13-9(5-12)7-2-3-10-8(4-7)14-11(15)6-16-10/h2-4,9,13H,5-6H2,1H3,(H,14,15). The summed E-state index contributed by atoms with van der Waals surface area (Å²) in [5.74, 6) is 1.06. The topological polar surface area (TPSA) is 41.1 Å². The Kier molecular flexibility index (Phi) is 3.74. The SMILES string of the molecule is CNC(CCl)c1ccc2c(c1)NC(=O)CS2. The van der Waals surface area contributed by atoms with E-state index in [-0.39, 0.29) is 11.9 Å². The van der Waals surface area contributed by atoms with Gasteiger partial charge in [-0.25, -0.2) is 0 Å². The Labute approximate surface area is 104 Å². The molecular weight excluding hydrogens is 244 g/mol. The Morgan fingerprint density at radius 2 is 2.44 bits per heavy atom. The number of hydrogen-bond acceptors (Lipinski definition) is 3. The minimum Gasteiger partial charge on any atom is -0.324 e. The molecule has 0 bridgehead atoms. The third-order valence-electron chi connectivity index (χ3n) is 2.54. The maximum atomic E-state index is 11.3. The molecule has 3 nitrogen and oxygen atoms in total. The van der Waals surface area contributed by atoms with Gasteiger partial charge in [-0.05, 0) is 24.7 Å². The smallest absolute Gasteiger partial charge is 0.234 e. The molecule has 1 unspecified atom stereocenters. The molecule has 1 aromatic rings. The van der Waals surface area contributed by atoms with Crippen LogP contribution in [-0.4, -0.2) is 24.6 Å². The van der Waals surface area contributed by atoms with Crippen LogP contribution in [0.3, 0.4) is 0 Å². The highest BCUT2D eigenvalue weighted by Gasteiger charge is 2.17. The Balaban J connectivity index is 2.30. The van der Waals surface area contributed by atoms with Crippen molar-refractivity contribution in [3.63, 3.8) is 0 Å². The molecular formula is C11H13ClN2OS. The Morgan fingerprint density at radius 3 is 3.12 bits per heavy atom. The lowest BCUT2D eigenvalue weighted by Crippen LogP contribution is -2.21. The van der Waals surface area contributed by atoms with Crippen molar-refractivity contribution in [2.45, 2.75) is 10.9 Å². The number of rotatable bonds is 3. The summed E-state index contributed by atoms with van der Waals surface area (Å²) in [7, 11) is 1.87. The van der Waals surface area contributed by atoms with Crippen LogP contribution in [-0.2, 0) is 4.79 Å². The fraction of sp³-hybridized carbons (Fsp3) is 0.364. The molecule has 2 N–H and O–H groups in total. The molecule has 0 saturated carbocycles. The van der Waals surface area contributed by atoms with Gasteiger partial charge in [0, 0.05) is 16.8 Å². The number of nitrogens with one attached hydrogen (secondary N) is 2. The largest absolute Gasteiger partial charge is 0.324 e. The Hall–Kier alpha value is -0.710. The molecule has 1 aromatic carbocycles. The zero-order chi connectivity index (χ0) is 11.5. The van der Waals surface area contributed by atoms with Gasteiger partial charge in [0.15, 0.2) is 0 Å². The highest BCUT2D eigenvalue weighted by Crippen LogP contribution is 2.33. The predicted octanol–water partition coefficient (Wildman–Crippen LogP) is 2.23. The van der Waals surface area contributed by atoms with Gasteiger partial charge in [-0.1, -0.05) is 6.07 Å². The summed E-state index contributed by atoms with van der Waals surface area (Å²) >= 11 is 7.43. The lowest BCUT2D eigenvalue weighted by atomic mass is 10.1. The van der Waals surface area contributed by atoms with Gasteiger partial charge < -0.3 is 10.6 Å². The lowest BCUT2D eigenvalue weighted by Gasteiger charge is -2.20. The van der Waals surface area contributed by atoms with Gasteiger partial charge in [-0.15, -0.1) is 23.4 Å². The summed E-state index contributed by atoms with van der Waals surface area (Å²) in [6.45, 7) is 0. The van der Waals surface area contributed by atoms with Gasteiger partial charge in [0.2, 0.25) is 5.91 Å². The first-order valence-corrected chi connectivity index (χ1v) is 6.56. The summed E-state index contributed by atoms with van der Waals surface area (Å²) in [6.07, 6.45) is 0. The van der Waals surface area contributed by atoms with Crippen LogP contribution in [0.15, 0.2) is 23.1 Å². The van der Waals surface area contributed by atoms with Crippen LogP contribution < -0.4 is 10.6 Å². The third kappa shape index (κ3) is 2.34. The number of thioether (sulfide) groups is 1. The molecule has 86 valence electrons. The summed E-state index contributed by atoms with van der Waals surface area (Å²) in [6, 6.07) is 6.19. The molecule has 1 atom stereocenters. The van der Waals surface area contributed by atoms with Crippen molar-refractivity contribution in [3.8, 4) is 0 Å². The maximum Gasteiger partial charge on any atom is 0.234 e. The highest BCUT2D eigenvalue weighted by molar-refractivity contribution is 8.00. The number of alkyl halides is 1. The van der Waals surface area contributed by atoms with E-state index in [0.717, 1.165) is 16.1 Å². The molecule has 16 heavy (non-hydrogen) atoms. The molecule has 0 aliphatic carbocycles. The first-order valence-electron chi connectivity index (χ1n) is 5.04. The minimum absolute atomic E-state index is 0.0570. The molecule has 1 aliphatic heterocycles. The number of amides is 1. The van der Waals surface area contributed by atoms with Crippen LogP contribution in [0, 0.1) is 0 Å². The summed E-state index contributed by atoms with van der Waals surface area (Å²) in [5, 5.41) is 6.01. The van der Waals surface area contributed by atoms with Crippen LogP contribution in [0.1, 0.15) is 11.6 Å². The summed E-state index contributed by atoms with van der Waals surface area (Å²) in [5.41, 5.74) is 1.99. The van der Waals surface area contributed by atoms with Crippen LogP contribution >= 0.6 is 23.4 Å². The number of carbonyl (C=O) groups is 1. The fourth-order valence-corrected chi connectivity index (χ4v) is 2.77. The van der Waals surface area contributed by atoms with Gasteiger partial charge in [0.05, 0.1) is 11.4 Å². The maximum absolute atomic E-state index is 11.3. The van der Waals surface area contributed by atoms with E-state index in [9.17, 15) is 4.79 Å². The average molecular weight is 257 g/mol. The lowest BCUT2D eigenvalue weighted by molar-refractivity contribution is -0.113. The normalized spacial score (nSPS) is 16.5. The van der Waals surface area contributed by atoms with E-state index in [1.54, 1.807) is 11.8 Å². The van der Waals surface area contributed by atoms with Gasteiger partial charge in [-0.3, -0.25) is 4.79 Å². The molecule has 2 rings (SSSR count). The van der Waals surface area contributed by atoms with Crippen LogP contribution in [0.4, 0.5) is 5.69 Å². The van der Waals surface area contributed by atoms with Crippen molar-refractivity contribution < 1.29 is 4.79 Å². The van der Waals surface area contributed by atoms with Crippen molar-refractivity contribution in [2.24, 2.45) is 0 Å². The number of carbonyl (C=O) groups excluding carboxylic acids is 1. The summed E-state index contributed by atoms with van der Waals surface area (Å²) < 4.78 is 0. The molecule has 0 radical (unpaired) electrons. The van der Waals surface area contributed by atoms with E-state index in [1.165, 1.54) is 0 Å². The van der Waals surface area contributed by atoms with Gasteiger partial charge in [0.25, 0.3) is 0 Å². The van der Waals surface area contributed by atoms with Crippen LogP contribution in [0.2, 0.25) is 0 Å². The monoisotopic (exact) mass is 256 g/mol. The van der Waals surface area contributed by atoms with Crippen molar-refractivity contribution >= 4 is 35.0 Å². The third-order valence-corrected chi connectivity index (χ3v) is 3.92. The quantitative estimate of drug-likeness (QED) is 0.815. The van der Waals surface area contributed by atoms with Gasteiger partial charge in [-0.2, -0.15) is 0 Å². The second kappa shape index (κ2) is 5.08. The Bertz CT molecular complexity index is 407. The summed E-state index contributed by atoms with van der Waals surface area (Å²) in [4.78, 5) is 12.4. The van der Waals surface area contributed by atoms with E-state index in [4.69, 9.17) is 11.6 Å². The van der Waals surface area contributed by atoms with E-state index in [0.29, 0.717) is 11.6 Å². The van der Waals surface area contributed by atoms with E-state index < -0.39 is 0 Å².